The van der Waals surface area contributed by atoms with Crippen molar-refractivity contribution in [2.75, 3.05) is 4.72 Å². The predicted molar refractivity (Wildman–Crippen MR) is 169 cm³/mol. The topological polar surface area (TPSA) is 113 Å². The summed E-state index contributed by atoms with van der Waals surface area (Å²) in [6.07, 6.45) is 0.0194. The number of hydrogen-bond donors (Lipinski definition) is 3. The van der Waals surface area contributed by atoms with E-state index in [1.807, 2.05) is 84.9 Å². The molecule has 216 valence electrons. The minimum atomic E-state index is -4.09. The first-order valence-electron chi connectivity index (χ1n) is 13.4. The maximum atomic E-state index is 13.3. The van der Waals surface area contributed by atoms with E-state index in [4.69, 9.17) is 11.6 Å². The summed E-state index contributed by atoms with van der Waals surface area (Å²) in [5, 5.41) is 12.6. The van der Waals surface area contributed by atoms with Crippen molar-refractivity contribution in [2.45, 2.75) is 17.4 Å². The van der Waals surface area contributed by atoms with Crippen LogP contribution in [0, 0.1) is 0 Å². The van der Waals surface area contributed by atoms with Crippen molar-refractivity contribution in [2.24, 2.45) is 0 Å². The van der Waals surface area contributed by atoms with Crippen LogP contribution in [0.25, 0.3) is 22.3 Å². The van der Waals surface area contributed by atoms with E-state index in [1.165, 1.54) is 30.3 Å². The van der Waals surface area contributed by atoms with Gasteiger partial charge in [0.15, 0.2) is 0 Å². The number of sulfonamides is 1. The van der Waals surface area contributed by atoms with E-state index >= 15 is 0 Å². The van der Waals surface area contributed by atoms with Crippen molar-refractivity contribution < 1.29 is 23.1 Å². The van der Waals surface area contributed by atoms with Crippen LogP contribution >= 0.6 is 11.6 Å². The molecule has 0 aliphatic heterocycles. The molecule has 0 heterocycles. The number of aliphatic carboxylic acids is 1. The highest BCUT2D eigenvalue weighted by Crippen LogP contribution is 2.26. The molecule has 1 amide bonds. The maximum Gasteiger partial charge on any atom is 0.326 e. The summed E-state index contributed by atoms with van der Waals surface area (Å²) >= 11 is 6.15. The fourth-order valence-corrected chi connectivity index (χ4v) is 5.84. The van der Waals surface area contributed by atoms with Crippen LogP contribution < -0.4 is 10.0 Å². The van der Waals surface area contributed by atoms with Crippen molar-refractivity contribution >= 4 is 39.2 Å². The first kappa shape index (κ1) is 29.6. The Morgan fingerprint density at radius 2 is 1.21 bits per heavy atom. The van der Waals surface area contributed by atoms with Crippen LogP contribution in [0.1, 0.15) is 15.9 Å². The molecule has 7 nitrogen and oxygen atoms in total. The SMILES string of the molecule is O=C(NC(Cc1ccc(-c2ccccc2)cc1)C(=O)O)c1cc(Cl)ccc1NS(=O)(=O)c1ccc(-c2ccccc2)cc1. The molecule has 43 heavy (non-hydrogen) atoms. The molecule has 5 aromatic carbocycles. The van der Waals surface area contributed by atoms with Crippen molar-refractivity contribution in [3.63, 3.8) is 0 Å². The second-order valence-electron chi connectivity index (χ2n) is 9.82. The number of carbonyl (C=O) groups excluding carboxylic acids is 1. The van der Waals surface area contributed by atoms with Gasteiger partial charge in [-0.3, -0.25) is 9.52 Å². The lowest BCUT2D eigenvalue weighted by Crippen LogP contribution is -2.42. The Hall–Kier alpha value is -4.92. The second kappa shape index (κ2) is 12.9. The van der Waals surface area contributed by atoms with Crippen LogP contribution in [0.2, 0.25) is 5.02 Å². The third-order valence-corrected chi connectivity index (χ3v) is 8.46. The van der Waals surface area contributed by atoms with Crippen LogP contribution in [0.4, 0.5) is 5.69 Å². The van der Waals surface area contributed by atoms with Gasteiger partial charge in [-0.05, 0) is 58.1 Å². The van der Waals surface area contributed by atoms with E-state index < -0.39 is 27.9 Å². The second-order valence-corrected chi connectivity index (χ2v) is 11.9. The summed E-state index contributed by atoms with van der Waals surface area (Å²) in [5.74, 6) is -2.02. The summed E-state index contributed by atoms with van der Waals surface area (Å²) < 4.78 is 28.9. The number of benzene rings is 5. The lowest BCUT2D eigenvalue weighted by Gasteiger charge is -2.17. The number of hydrogen-bond acceptors (Lipinski definition) is 4. The molecule has 0 radical (unpaired) electrons. The number of carboxylic acids is 1. The third-order valence-electron chi connectivity index (χ3n) is 6.85. The Morgan fingerprint density at radius 3 is 1.74 bits per heavy atom. The first-order valence-corrected chi connectivity index (χ1v) is 15.2. The van der Waals surface area contributed by atoms with Gasteiger partial charge in [-0.2, -0.15) is 0 Å². The Balaban J connectivity index is 1.33. The standard InChI is InChI=1S/C34H27ClN2O5S/c35-28-17-20-31(37-43(41,42)29-18-15-27(16-19-29)25-9-5-2-6-10-25)30(22-28)33(38)36-32(34(39)40)21-23-11-13-26(14-12-23)24-7-3-1-4-8-24/h1-20,22,32,37H,21H2,(H,36,38)(H,39,40). The molecule has 0 saturated heterocycles. The number of carboxylic acid groups (broad SMARTS) is 1. The largest absolute Gasteiger partial charge is 0.480 e. The fourth-order valence-electron chi connectivity index (χ4n) is 4.59. The number of anilines is 1. The van der Waals surface area contributed by atoms with Crippen molar-refractivity contribution in [3.8, 4) is 22.3 Å². The van der Waals surface area contributed by atoms with E-state index in [1.54, 1.807) is 12.1 Å². The molecule has 1 unspecified atom stereocenters. The fraction of sp³-hybridized carbons (Fsp3) is 0.0588. The quantitative estimate of drug-likeness (QED) is 0.159. The van der Waals surface area contributed by atoms with Gasteiger partial charge in [0.1, 0.15) is 6.04 Å². The molecule has 0 aliphatic carbocycles. The van der Waals surface area contributed by atoms with Gasteiger partial charge in [-0.1, -0.05) is 109 Å². The zero-order valence-corrected chi connectivity index (χ0v) is 24.3. The number of carbonyl (C=O) groups is 2. The molecule has 5 aromatic rings. The zero-order valence-electron chi connectivity index (χ0n) is 22.8. The highest BCUT2D eigenvalue weighted by atomic mass is 35.5. The highest BCUT2D eigenvalue weighted by Gasteiger charge is 2.25. The van der Waals surface area contributed by atoms with E-state index in [0.717, 1.165) is 22.3 Å². The summed E-state index contributed by atoms with van der Waals surface area (Å²) in [7, 11) is -4.09. The normalized spacial score (nSPS) is 11.8. The van der Waals surface area contributed by atoms with Gasteiger partial charge >= 0.3 is 5.97 Å². The Bertz CT molecular complexity index is 1850. The summed E-state index contributed by atoms with van der Waals surface area (Å²) in [4.78, 5) is 25.4. The molecule has 5 rings (SSSR count). The Kier molecular flexibility index (Phi) is 8.90. The molecule has 0 aromatic heterocycles. The average molecular weight is 611 g/mol. The minimum absolute atomic E-state index is 0.00384. The smallest absolute Gasteiger partial charge is 0.326 e. The third kappa shape index (κ3) is 7.30. The van der Waals surface area contributed by atoms with E-state index in [0.29, 0.717) is 5.56 Å². The Labute approximate surface area is 254 Å². The lowest BCUT2D eigenvalue weighted by atomic mass is 10.0. The van der Waals surface area contributed by atoms with E-state index in [2.05, 4.69) is 10.0 Å². The lowest BCUT2D eigenvalue weighted by molar-refractivity contribution is -0.139. The molecule has 0 fully saturated rings. The maximum absolute atomic E-state index is 13.3. The summed E-state index contributed by atoms with van der Waals surface area (Å²) in [6, 6.07) is 35.9. The number of halogens is 1. The molecular weight excluding hydrogens is 584 g/mol. The first-order chi connectivity index (χ1) is 20.7. The van der Waals surface area contributed by atoms with Gasteiger partial charge in [-0.25, -0.2) is 13.2 Å². The van der Waals surface area contributed by atoms with Crippen molar-refractivity contribution in [1.82, 2.24) is 5.32 Å². The molecule has 3 N–H and O–H groups in total. The van der Waals surface area contributed by atoms with E-state index in [9.17, 15) is 23.1 Å². The number of rotatable bonds is 10. The van der Waals surface area contributed by atoms with Gasteiger partial charge in [-0.15, -0.1) is 0 Å². The minimum Gasteiger partial charge on any atom is -0.480 e. The molecule has 0 saturated carbocycles. The number of nitrogens with one attached hydrogen (secondary N) is 2. The monoisotopic (exact) mass is 610 g/mol. The van der Waals surface area contributed by atoms with Crippen LogP contribution in [-0.2, 0) is 21.2 Å². The van der Waals surface area contributed by atoms with Crippen molar-refractivity contribution in [1.29, 1.82) is 0 Å². The summed E-state index contributed by atoms with van der Waals surface area (Å²) in [5.41, 5.74) is 4.36. The average Bonchev–Trinajstić information content (AvgIpc) is 3.02. The highest BCUT2D eigenvalue weighted by molar-refractivity contribution is 7.92. The van der Waals surface area contributed by atoms with Crippen molar-refractivity contribution in [3.05, 3.63) is 144 Å². The molecular formula is C34H27ClN2O5S. The van der Waals surface area contributed by atoms with Gasteiger partial charge in [0, 0.05) is 11.4 Å². The van der Waals surface area contributed by atoms with Gasteiger partial charge in [0.2, 0.25) is 0 Å². The van der Waals surface area contributed by atoms with Gasteiger partial charge < -0.3 is 10.4 Å². The predicted octanol–water partition coefficient (Wildman–Crippen LogP) is 6.90. The van der Waals surface area contributed by atoms with Gasteiger partial charge in [0.25, 0.3) is 15.9 Å². The zero-order chi connectivity index (χ0) is 30.4. The van der Waals surface area contributed by atoms with E-state index in [-0.39, 0.29) is 27.6 Å². The molecule has 0 bridgehead atoms. The molecule has 0 spiro atoms. The molecule has 1 atom stereocenters. The van der Waals surface area contributed by atoms with Crippen LogP contribution in [0.5, 0.6) is 0 Å². The van der Waals surface area contributed by atoms with Crippen LogP contribution in [-0.4, -0.2) is 31.4 Å². The van der Waals surface area contributed by atoms with Crippen LogP contribution in [0.3, 0.4) is 0 Å². The summed E-state index contributed by atoms with van der Waals surface area (Å²) in [6.45, 7) is 0. The molecule has 0 aliphatic rings. The molecule has 9 heteroatoms. The van der Waals surface area contributed by atoms with Gasteiger partial charge in [0.05, 0.1) is 16.1 Å². The Morgan fingerprint density at radius 1 is 0.698 bits per heavy atom. The van der Waals surface area contributed by atoms with Crippen LogP contribution in [0.15, 0.2) is 132 Å². The number of amides is 1.